The number of primary sulfonamides is 1. The minimum absolute atomic E-state index is 0.0500. The molecule has 0 fully saturated rings. The van der Waals surface area contributed by atoms with Crippen molar-refractivity contribution in [3.63, 3.8) is 0 Å². The molecule has 0 bridgehead atoms. The summed E-state index contributed by atoms with van der Waals surface area (Å²) < 4.78 is 35.9. The Labute approximate surface area is 184 Å². The average Bonchev–Trinajstić information content (AvgIpc) is 2.72. The van der Waals surface area contributed by atoms with Gasteiger partial charge in [0.1, 0.15) is 10.6 Å². The molecule has 0 spiro atoms. The van der Waals surface area contributed by atoms with Crippen molar-refractivity contribution in [1.29, 1.82) is 0 Å². The molecular weight excluding hydrogens is 418 g/mol. The van der Waals surface area contributed by atoms with Crippen molar-refractivity contribution >= 4 is 21.7 Å². The zero-order valence-electron chi connectivity index (χ0n) is 18.3. The Kier molecular flexibility index (Phi) is 9.29. The van der Waals surface area contributed by atoms with Gasteiger partial charge in [0, 0.05) is 13.1 Å². The normalized spacial score (nSPS) is 11.4. The third-order valence-corrected chi connectivity index (χ3v) is 5.31. The minimum atomic E-state index is -4.18. The Morgan fingerprint density at radius 1 is 1.13 bits per heavy atom. The number of para-hydroxylation sites is 1. The van der Waals surface area contributed by atoms with Crippen molar-refractivity contribution in [2.24, 2.45) is 5.14 Å². The van der Waals surface area contributed by atoms with Gasteiger partial charge in [-0.05, 0) is 51.2 Å². The fraction of sp³-hybridized carbons (Fsp3) is 0.409. The first-order valence-electron chi connectivity index (χ1n) is 10.2. The topological polar surface area (TPSA) is 111 Å². The molecule has 0 saturated carbocycles. The molecular formula is C22H31N3O5S. The van der Waals surface area contributed by atoms with Crippen LogP contribution in [0.3, 0.4) is 0 Å². The van der Waals surface area contributed by atoms with Crippen LogP contribution in [0.1, 0.15) is 36.5 Å². The van der Waals surface area contributed by atoms with Crippen LogP contribution in [0.2, 0.25) is 0 Å². The standard InChI is InChI=1S/C22H31N3O5S/c1-4-5-12-24-19-15-17(22(26)29-14-9-13-25(2)3)16-20(31(23,27)28)21(19)30-18-10-7-6-8-11-18/h6-8,10-11,15-16,24H,4-5,9,12-14H2,1-3H3,(H2,23,27,28). The fourth-order valence-corrected chi connectivity index (χ4v) is 3.50. The number of anilines is 1. The zero-order chi connectivity index (χ0) is 22.9. The van der Waals surface area contributed by atoms with Gasteiger partial charge >= 0.3 is 5.97 Å². The third-order valence-electron chi connectivity index (χ3n) is 4.39. The van der Waals surface area contributed by atoms with Crippen LogP contribution in [0.25, 0.3) is 0 Å². The first-order chi connectivity index (χ1) is 14.7. The van der Waals surface area contributed by atoms with E-state index in [4.69, 9.17) is 14.6 Å². The summed E-state index contributed by atoms with van der Waals surface area (Å²) in [7, 11) is -0.318. The van der Waals surface area contributed by atoms with E-state index in [0.29, 0.717) is 24.4 Å². The smallest absolute Gasteiger partial charge is 0.338 e. The summed E-state index contributed by atoms with van der Waals surface area (Å²) in [6.45, 7) is 3.61. The maximum atomic E-state index is 12.6. The summed E-state index contributed by atoms with van der Waals surface area (Å²) in [5.74, 6) is -0.118. The molecule has 0 heterocycles. The van der Waals surface area contributed by atoms with Crippen molar-refractivity contribution in [3.8, 4) is 11.5 Å². The van der Waals surface area contributed by atoms with E-state index in [-0.39, 0.29) is 22.8 Å². The summed E-state index contributed by atoms with van der Waals surface area (Å²) in [5.41, 5.74) is 0.456. The second-order valence-corrected chi connectivity index (χ2v) is 8.91. The van der Waals surface area contributed by atoms with Crippen molar-refractivity contribution in [2.45, 2.75) is 31.1 Å². The van der Waals surface area contributed by atoms with Crippen molar-refractivity contribution in [1.82, 2.24) is 4.90 Å². The molecule has 170 valence electrons. The molecule has 0 aromatic heterocycles. The number of carbonyl (C=O) groups is 1. The SMILES string of the molecule is CCCCNc1cc(C(=O)OCCCN(C)C)cc(S(N)(=O)=O)c1Oc1ccccc1. The van der Waals surface area contributed by atoms with Crippen LogP contribution in [0.4, 0.5) is 5.69 Å². The van der Waals surface area contributed by atoms with Crippen LogP contribution in [-0.2, 0) is 14.8 Å². The monoisotopic (exact) mass is 449 g/mol. The van der Waals surface area contributed by atoms with Gasteiger partial charge in [-0.2, -0.15) is 0 Å². The number of hydrogen-bond donors (Lipinski definition) is 2. The molecule has 0 aliphatic carbocycles. The molecule has 3 N–H and O–H groups in total. The largest absolute Gasteiger partial charge is 0.462 e. The molecule has 0 amide bonds. The Morgan fingerprint density at radius 2 is 1.84 bits per heavy atom. The van der Waals surface area contributed by atoms with Gasteiger partial charge in [-0.1, -0.05) is 31.5 Å². The summed E-state index contributed by atoms with van der Waals surface area (Å²) in [4.78, 5) is 14.3. The summed E-state index contributed by atoms with van der Waals surface area (Å²) in [6.07, 6.45) is 2.46. The maximum Gasteiger partial charge on any atom is 0.338 e. The number of esters is 1. The lowest BCUT2D eigenvalue weighted by Gasteiger charge is -2.18. The van der Waals surface area contributed by atoms with Crippen LogP contribution in [-0.4, -0.2) is 53.1 Å². The third kappa shape index (κ3) is 7.86. The highest BCUT2D eigenvalue weighted by Crippen LogP contribution is 2.37. The first-order valence-corrected chi connectivity index (χ1v) is 11.8. The van der Waals surface area contributed by atoms with E-state index in [2.05, 4.69) is 5.32 Å². The molecule has 2 aromatic carbocycles. The number of sulfonamides is 1. The van der Waals surface area contributed by atoms with Crippen molar-refractivity contribution < 1.29 is 22.7 Å². The Balaban J connectivity index is 2.41. The number of nitrogens with two attached hydrogens (primary N) is 1. The van der Waals surface area contributed by atoms with E-state index in [9.17, 15) is 13.2 Å². The van der Waals surface area contributed by atoms with Crippen LogP contribution < -0.4 is 15.2 Å². The van der Waals surface area contributed by atoms with E-state index in [1.54, 1.807) is 24.3 Å². The quantitative estimate of drug-likeness (QED) is 0.377. The van der Waals surface area contributed by atoms with E-state index in [1.807, 2.05) is 32.0 Å². The predicted octanol–water partition coefficient (Wildman–Crippen LogP) is 3.45. The maximum absolute atomic E-state index is 12.6. The first kappa shape index (κ1) is 24.6. The van der Waals surface area contributed by atoms with E-state index in [0.717, 1.165) is 19.4 Å². The highest BCUT2D eigenvalue weighted by Gasteiger charge is 2.24. The van der Waals surface area contributed by atoms with Crippen LogP contribution in [0, 0.1) is 0 Å². The number of nitrogens with one attached hydrogen (secondary N) is 1. The lowest BCUT2D eigenvalue weighted by Crippen LogP contribution is -2.18. The summed E-state index contributed by atoms with van der Waals surface area (Å²) in [6, 6.07) is 11.5. The van der Waals surface area contributed by atoms with E-state index >= 15 is 0 Å². The van der Waals surface area contributed by atoms with Crippen molar-refractivity contribution in [3.05, 3.63) is 48.0 Å². The number of nitrogens with zero attached hydrogens (tertiary/aromatic N) is 1. The zero-order valence-corrected chi connectivity index (χ0v) is 19.1. The Bertz CT molecular complexity index is 963. The van der Waals surface area contributed by atoms with Gasteiger partial charge in [-0.15, -0.1) is 0 Å². The molecule has 0 aliphatic heterocycles. The highest BCUT2D eigenvalue weighted by molar-refractivity contribution is 7.89. The molecule has 2 rings (SSSR count). The molecule has 8 nitrogen and oxygen atoms in total. The number of carbonyl (C=O) groups excluding carboxylic acids is 1. The summed E-state index contributed by atoms with van der Waals surface area (Å²) >= 11 is 0. The number of ether oxygens (including phenoxy) is 2. The Morgan fingerprint density at radius 3 is 2.45 bits per heavy atom. The van der Waals surface area contributed by atoms with Crippen LogP contribution in [0.5, 0.6) is 11.5 Å². The van der Waals surface area contributed by atoms with Gasteiger partial charge in [0.25, 0.3) is 0 Å². The fourth-order valence-electron chi connectivity index (χ4n) is 2.80. The molecule has 0 radical (unpaired) electrons. The van der Waals surface area contributed by atoms with Gasteiger partial charge in [-0.25, -0.2) is 18.4 Å². The second-order valence-electron chi connectivity index (χ2n) is 7.38. The van der Waals surface area contributed by atoms with Crippen LogP contribution in [0.15, 0.2) is 47.4 Å². The lowest BCUT2D eigenvalue weighted by atomic mass is 10.1. The summed E-state index contributed by atoms with van der Waals surface area (Å²) in [5, 5.41) is 8.63. The number of benzene rings is 2. The minimum Gasteiger partial charge on any atom is -0.462 e. The Hall–Kier alpha value is -2.62. The van der Waals surface area contributed by atoms with Gasteiger partial charge in [0.05, 0.1) is 17.9 Å². The van der Waals surface area contributed by atoms with E-state index in [1.165, 1.54) is 12.1 Å². The number of unbranched alkanes of at least 4 members (excludes halogenated alkanes) is 1. The number of hydrogen-bond acceptors (Lipinski definition) is 7. The van der Waals surface area contributed by atoms with Crippen LogP contribution >= 0.6 is 0 Å². The molecule has 0 unspecified atom stereocenters. The molecule has 0 atom stereocenters. The van der Waals surface area contributed by atoms with Gasteiger partial charge in [0.15, 0.2) is 5.75 Å². The lowest BCUT2D eigenvalue weighted by molar-refractivity contribution is 0.0493. The molecule has 0 aliphatic rings. The number of rotatable bonds is 12. The molecule has 9 heteroatoms. The predicted molar refractivity (Wildman–Crippen MR) is 121 cm³/mol. The van der Waals surface area contributed by atoms with Gasteiger partial charge in [-0.3, -0.25) is 0 Å². The average molecular weight is 450 g/mol. The van der Waals surface area contributed by atoms with Crippen molar-refractivity contribution in [2.75, 3.05) is 39.1 Å². The van der Waals surface area contributed by atoms with Gasteiger partial charge < -0.3 is 19.7 Å². The highest BCUT2D eigenvalue weighted by atomic mass is 32.2. The second kappa shape index (κ2) is 11.7. The molecule has 31 heavy (non-hydrogen) atoms. The molecule has 0 saturated heterocycles. The molecule has 2 aromatic rings. The van der Waals surface area contributed by atoms with Gasteiger partial charge in [0.2, 0.25) is 10.0 Å². The van der Waals surface area contributed by atoms with E-state index < -0.39 is 16.0 Å².